The Kier molecular flexibility index (Phi) is 4.98. The van der Waals surface area contributed by atoms with Crippen LogP contribution >= 0.6 is 15.9 Å². The highest BCUT2D eigenvalue weighted by Crippen LogP contribution is 2.36. The number of alkyl halides is 3. The lowest BCUT2D eigenvalue weighted by molar-refractivity contribution is -0.137. The van der Waals surface area contributed by atoms with E-state index in [-0.39, 0.29) is 10.6 Å². The van der Waals surface area contributed by atoms with Gasteiger partial charge < -0.3 is 0 Å². The number of benzene rings is 2. The van der Waals surface area contributed by atoms with E-state index >= 15 is 0 Å². The molecule has 4 nitrogen and oxygen atoms in total. The molecule has 0 aliphatic carbocycles. The molecule has 2 heterocycles. The number of pyridine rings is 1. The average molecular weight is 495 g/mol. The molecule has 0 N–H and O–H groups in total. The van der Waals surface area contributed by atoms with Gasteiger partial charge in [-0.1, -0.05) is 39.7 Å². The van der Waals surface area contributed by atoms with Crippen LogP contribution in [0.15, 0.2) is 76.4 Å². The zero-order valence-corrected chi connectivity index (χ0v) is 17.9. The van der Waals surface area contributed by atoms with Gasteiger partial charge in [-0.15, -0.1) is 0 Å². The van der Waals surface area contributed by atoms with Crippen LogP contribution in [0.5, 0.6) is 0 Å². The fraction of sp³-hybridized carbons (Fsp3) is 0.0952. The number of fused-ring (bicyclic) bond motifs is 1. The van der Waals surface area contributed by atoms with Crippen molar-refractivity contribution in [3.05, 3.63) is 82.6 Å². The summed E-state index contributed by atoms with van der Waals surface area (Å²) in [5.74, 6) is 0. The highest BCUT2D eigenvalue weighted by Gasteiger charge is 2.31. The van der Waals surface area contributed by atoms with Gasteiger partial charge in [0.25, 0.3) is 10.0 Å². The third-order valence-corrected chi connectivity index (χ3v) is 6.86. The SMILES string of the molecule is Cc1ccc(S(=O)(=O)n2cc(-c3cc(C(F)(F)F)ccn3)c3ccc(Br)cc32)cc1. The van der Waals surface area contributed by atoms with Gasteiger partial charge in [0.2, 0.25) is 0 Å². The Morgan fingerprint density at radius 3 is 2.37 bits per heavy atom. The predicted octanol–water partition coefficient (Wildman–Crippen LogP) is 6.03. The van der Waals surface area contributed by atoms with E-state index in [9.17, 15) is 21.6 Å². The van der Waals surface area contributed by atoms with E-state index in [1.807, 2.05) is 6.92 Å². The predicted molar refractivity (Wildman–Crippen MR) is 112 cm³/mol. The van der Waals surface area contributed by atoms with Crippen LogP contribution in [0.4, 0.5) is 13.2 Å². The summed E-state index contributed by atoms with van der Waals surface area (Å²) < 4.78 is 67.8. The van der Waals surface area contributed by atoms with E-state index < -0.39 is 21.8 Å². The third kappa shape index (κ3) is 3.63. The van der Waals surface area contributed by atoms with Crippen LogP contribution in [0.25, 0.3) is 22.2 Å². The minimum Gasteiger partial charge on any atom is -0.256 e. The first kappa shape index (κ1) is 20.6. The molecule has 154 valence electrons. The van der Waals surface area contributed by atoms with Gasteiger partial charge in [-0.3, -0.25) is 4.98 Å². The van der Waals surface area contributed by atoms with Gasteiger partial charge in [-0.05, 0) is 43.3 Å². The second kappa shape index (κ2) is 7.24. The maximum Gasteiger partial charge on any atom is 0.416 e. The van der Waals surface area contributed by atoms with Crippen LogP contribution in [0.2, 0.25) is 0 Å². The summed E-state index contributed by atoms with van der Waals surface area (Å²) in [6.07, 6.45) is -2.16. The fourth-order valence-electron chi connectivity index (χ4n) is 3.15. The molecule has 0 spiro atoms. The van der Waals surface area contributed by atoms with E-state index in [1.54, 1.807) is 30.3 Å². The van der Waals surface area contributed by atoms with E-state index in [2.05, 4.69) is 20.9 Å². The van der Waals surface area contributed by atoms with Crippen molar-refractivity contribution in [2.24, 2.45) is 0 Å². The van der Waals surface area contributed by atoms with Crippen molar-refractivity contribution in [1.82, 2.24) is 8.96 Å². The largest absolute Gasteiger partial charge is 0.416 e. The minimum atomic E-state index is -4.53. The zero-order valence-electron chi connectivity index (χ0n) is 15.5. The Morgan fingerprint density at radius 1 is 1.00 bits per heavy atom. The molecule has 2 aromatic carbocycles. The van der Waals surface area contributed by atoms with Gasteiger partial charge >= 0.3 is 6.18 Å². The summed E-state index contributed by atoms with van der Waals surface area (Å²) in [5.41, 5.74) is 0.711. The third-order valence-electron chi connectivity index (χ3n) is 4.67. The molecule has 2 aromatic heterocycles. The Hall–Kier alpha value is -2.65. The van der Waals surface area contributed by atoms with E-state index in [0.29, 0.717) is 20.9 Å². The van der Waals surface area contributed by atoms with Crippen molar-refractivity contribution >= 4 is 36.9 Å². The van der Waals surface area contributed by atoms with Crippen molar-refractivity contribution in [3.8, 4) is 11.3 Å². The number of aromatic nitrogens is 2. The molecule has 0 amide bonds. The topological polar surface area (TPSA) is 52.0 Å². The first-order valence-corrected chi connectivity index (χ1v) is 11.0. The molecule has 4 rings (SSSR count). The summed E-state index contributed by atoms with van der Waals surface area (Å²) >= 11 is 3.33. The number of aryl methyl sites for hydroxylation is 1. The van der Waals surface area contributed by atoms with Crippen LogP contribution in [-0.4, -0.2) is 17.4 Å². The number of nitrogens with zero attached hydrogens (tertiary/aromatic N) is 2. The second-order valence-corrected chi connectivity index (χ2v) is 9.48. The molecule has 0 unspecified atom stereocenters. The quantitative estimate of drug-likeness (QED) is 0.349. The van der Waals surface area contributed by atoms with Gasteiger partial charge in [0.05, 0.1) is 21.7 Å². The van der Waals surface area contributed by atoms with Crippen LogP contribution in [0, 0.1) is 6.92 Å². The number of hydrogen-bond donors (Lipinski definition) is 0. The Balaban J connectivity index is 1.98. The highest BCUT2D eigenvalue weighted by molar-refractivity contribution is 9.10. The van der Waals surface area contributed by atoms with Gasteiger partial charge in [0.1, 0.15) is 0 Å². The average Bonchev–Trinajstić information content (AvgIpc) is 3.07. The Bertz CT molecular complexity index is 1360. The van der Waals surface area contributed by atoms with Gasteiger partial charge in [0.15, 0.2) is 0 Å². The molecule has 0 radical (unpaired) electrons. The van der Waals surface area contributed by atoms with Crippen LogP contribution in [-0.2, 0) is 16.2 Å². The van der Waals surface area contributed by atoms with E-state index in [4.69, 9.17) is 0 Å². The standard InChI is InChI=1S/C21H14BrF3N2O2S/c1-13-2-5-16(6-3-13)30(28,29)27-12-18(17-7-4-15(22)11-20(17)27)19-10-14(8-9-26-19)21(23,24)25/h2-12H,1H3. The summed E-state index contributed by atoms with van der Waals surface area (Å²) in [6, 6.07) is 13.1. The van der Waals surface area contributed by atoms with Gasteiger partial charge in [-0.25, -0.2) is 12.4 Å². The molecule has 0 saturated heterocycles. The number of rotatable bonds is 3. The molecular formula is C21H14BrF3N2O2S. The molecule has 9 heteroatoms. The Morgan fingerprint density at radius 2 is 1.70 bits per heavy atom. The minimum absolute atomic E-state index is 0.0370. The van der Waals surface area contributed by atoms with E-state index in [0.717, 1.165) is 27.9 Å². The van der Waals surface area contributed by atoms with Crippen molar-refractivity contribution < 1.29 is 21.6 Å². The number of halogens is 4. The molecule has 0 aliphatic rings. The smallest absolute Gasteiger partial charge is 0.256 e. The maximum atomic E-state index is 13.3. The Labute approximate surface area is 179 Å². The van der Waals surface area contributed by atoms with Crippen LogP contribution in [0.3, 0.4) is 0 Å². The maximum absolute atomic E-state index is 13.3. The summed E-state index contributed by atoms with van der Waals surface area (Å²) in [7, 11) is -3.98. The van der Waals surface area contributed by atoms with Gasteiger partial charge in [0, 0.05) is 27.8 Å². The van der Waals surface area contributed by atoms with Crippen molar-refractivity contribution in [2.45, 2.75) is 18.0 Å². The number of hydrogen-bond acceptors (Lipinski definition) is 3. The fourth-order valence-corrected chi connectivity index (χ4v) is 4.86. The molecule has 0 saturated carbocycles. The lowest BCUT2D eigenvalue weighted by atomic mass is 10.1. The lowest BCUT2D eigenvalue weighted by Crippen LogP contribution is -2.11. The molecule has 0 fully saturated rings. The highest BCUT2D eigenvalue weighted by atomic mass is 79.9. The van der Waals surface area contributed by atoms with Gasteiger partial charge in [-0.2, -0.15) is 13.2 Å². The second-order valence-electron chi connectivity index (χ2n) is 6.75. The van der Waals surface area contributed by atoms with E-state index in [1.165, 1.54) is 18.3 Å². The zero-order chi connectivity index (χ0) is 21.7. The molecule has 0 atom stereocenters. The normalized spacial score (nSPS) is 12.4. The first-order valence-electron chi connectivity index (χ1n) is 8.74. The molecular weight excluding hydrogens is 481 g/mol. The molecule has 4 aromatic rings. The molecule has 0 aliphatic heterocycles. The summed E-state index contributed by atoms with van der Waals surface area (Å²) in [4.78, 5) is 4.13. The first-order chi connectivity index (χ1) is 14.1. The van der Waals surface area contributed by atoms with Crippen molar-refractivity contribution in [3.63, 3.8) is 0 Å². The van der Waals surface area contributed by atoms with Crippen molar-refractivity contribution in [1.29, 1.82) is 0 Å². The monoisotopic (exact) mass is 494 g/mol. The summed E-state index contributed by atoms with van der Waals surface area (Å²) in [5, 5.41) is 0.473. The molecule has 0 bridgehead atoms. The van der Waals surface area contributed by atoms with Crippen LogP contribution < -0.4 is 0 Å². The molecule has 30 heavy (non-hydrogen) atoms. The van der Waals surface area contributed by atoms with Crippen molar-refractivity contribution in [2.75, 3.05) is 0 Å². The summed E-state index contributed by atoms with van der Waals surface area (Å²) in [6.45, 7) is 1.84. The lowest BCUT2D eigenvalue weighted by Gasteiger charge is -2.08. The van der Waals surface area contributed by atoms with Crippen LogP contribution in [0.1, 0.15) is 11.1 Å².